The maximum atomic E-state index is 13.8. The number of carboxylic acids is 3. The van der Waals surface area contributed by atoms with Crippen LogP contribution in [0, 0.1) is 23.3 Å². The molecule has 72 heavy (non-hydrogen) atoms. The van der Waals surface area contributed by atoms with Crippen LogP contribution in [-0.4, -0.2) is 106 Å². The zero-order chi connectivity index (χ0) is 51.0. The summed E-state index contributed by atoms with van der Waals surface area (Å²) in [5.41, 5.74) is 2.94. The maximum absolute atomic E-state index is 13.8. The van der Waals surface area contributed by atoms with Gasteiger partial charge in [-0.1, -0.05) is 52.3 Å². The van der Waals surface area contributed by atoms with Crippen LogP contribution in [-0.2, 0) is 92.0 Å². The van der Waals surface area contributed by atoms with E-state index in [1.54, 1.807) is 18.3 Å². The van der Waals surface area contributed by atoms with E-state index >= 15 is 0 Å². The summed E-state index contributed by atoms with van der Waals surface area (Å²) in [5.74, 6) is -5.01. The topological polar surface area (TPSA) is 218 Å². The number of halogens is 5. The minimum Gasteiger partial charge on any atom is -0.649 e. The van der Waals surface area contributed by atoms with Gasteiger partial charge in [0.15, 0.2) is 17.5 Å². The number of benzene rings is 2. The van der Waals surface area contributed by atoms with Crippen LogP contribution in [0.2, 0.25) is 0 Å². The molecule has 5 radical (unpaired) electrons. The van der Waals surface area contributed by atoms with E-state index in [1.165, 1.54) is 62.6 Å². The minimum absolute atomic E-state index is 0. The van der Waals surface area contributed by atoms with Crippen molar-refractivity contribution >= 4 is 51.2 Å². The number of hydrogen-bond donors (Lipinski definition) is 3. The van der Waals surface area contributed by atoms with Crippen molar-refractivity contribution in [2.45, 2.75) is 72.9 Å². The van der Waals surface area contributed by atoms with Gasteiger partial charge in [-0.3, -0.25) is 0 Å². The molecule has 16 nitrogen and oxygen atoms in total. The molecule has 0 aliphatic rings. The number of rotatable bonds is 14. The molecule has 7 rings (SSSR count). The molecule has 0 spiro atoms. The fourth-order valence-corrected chi connectivity index (χ4v) is 6.07. The molecule has 0 aliphatic heterocycles. The number of alkyl halides is 1. The third-order valence-electron chi connectivity index (χ3n) is 8.86. The number of nitrogens with zero attached hydrogens (tertiary/aromatic N) is 8. The zero-order valence-electron chi connectivity index (χ0n) is 39.0. The number of hydrogen-bond acceptors (Lipinski definition) is 11. The first-order valence-corrected chi connectivity index (χ1v) is 22.1. The SMILES string of the molecule is CCCc1ccn(-c2c(F)cc(F)cc2[O][AlH])n1.CCCc1ncn(-c2c(F)cc(F)cc2[O][AlH])n1.CCc1cccc(C(=O)O)n1.CCc1cccc(C(=O)O)n1.O=C(O)c1cccc(CF)n1.[Ir].[Ir].[Rh]. The zero-order valence-corrected chi connectivity index (χ0v) is 48.2. The van der Waals surface area contributed by atoms with Crippen molar-refractivity contribution in [3.63, 3.8) is 0 Å². The van der Waals surface area contributed by atoms with Gasteiger partial charge in [-0.05, 0) is 68.1 Å². The van der Waals surface area contributed by atoms with Gasteiger partial charge in [0, 0.05) is 108 Å². The van der Waals surface area contributed by atoms with E-state index in [2.05, 4.69) is 30.1 Å². The predicted molar refractivity (Wildman–Crippen MR) is 245 cm³/mol. The van der Waals surface area contributed by atoms with Gasteiger partial charge in [-0.2, -0.15) is 10.2 Å². The van der Waals surface area contributed by atoms with Crippen LogP contribution in [0.25, 0.3) is 11.4 Å². The molecule has 0 aliphatic carbocycles. The standard InChI is InChI=1S/C12H12F2N2O.C11H11F2N3O.2C8H9NO2.C7H6FNO2.2Al.2Ir.Rh.2H/c1-2-3-9-4-5-16(15-9)12-10(14)6-8(13)7-11(12)17;1-2-3-10-14-6-16(15-10)11-8(13)4-7(12)5-9(11)17;2*1-2-6-4-3-5-7(9-6)8(10)11;8-4-5-2-1-3-6(9-5)7(10)11;;;;;;;/h4-7,17H,2-3H2,1H3;4-6,17H,2-3H2,1H3;2*3-5H,2H2,1H3,(H,10,11);1-3H,4H2,(H,10,11);;;;;;;/q;;;;;2*+1;;;;;/p-2. The third-order valence-corrected chi connectivity index (χ3v) is 9.48. The summed E-state index contributed by atoms with van der Waals surface area (Å²) in [4.78, 5) is 46.5. The van der Waals surface area contributed by atoms with Gasteiger partial charge in [0.25, 0.3) is 0 Å². The van der Waals surface area contributed by atoms with Crippen molar-refractivity contribution in [1.29, 1.82) is 0 Å². The van der Waals surface area contributed by atoms with Gasteiger partial charge < -0.3 is 22.9 Å². The summed E-state index contributed by atoms with van der Waals surface area (Å²) in [6.07, 6.45) is 7.96. The molecular weight excluding hydrogens is 1430 g/mol. The molecule has 7 aromatic rings. The quantitative estimate of drug-likeness (QED) is 0.0697. The van der Waals surface area contributed by atoms with E-state index in [0.29, 0.717) is 12.2 Å². The molecule has 5 aromatic heterocycles. The Hall–Kier alpha value is -5.11. The van der Waals surface area contributed by atoms with Gasteiger partial charge in [-0.15, -0.1) is 0 Å². The first-order chi connectivity index (χ1) is 33.0. The molecule has 0 saturated heterocycles. The predicted octanol–water partition coefficient (Wildman–Crippen LogP) is 7.92. The average Bonchev–Trinajstić information content (AvgIpc) is 4.01. The van der Waals surface area contributed by atoms with Crippen molar-refractivity contribution < 1.29 is 119 Å². The van der Waals surface area contributed by atoms with E-state index in [1.807, 2.05) is 45.9 Å². The second-order valence-electron chi connectivity index (χ2n) is 13.9. The van der Waals surface area contributed by atoms with Crippen LogP contribution < -0.4 is 7.58 Å². The van der Waals surface area contributed by atoms with Crippen LogP contribution in [0.1, 0.15) is 101 Å². The second-order valence-corrected chi connectivity index (χ2v) is 14.5. The summed E-state index contributed by atoms with van der Waals surface area (Å²) in [7, 11) is 0. The molecular formula is C46H47Al2F5Ir2N8O8Rh. The molecule has 3 N–H and O–H groups in total. The van der Waals surface area contributed by atoms with Gasteiger partial charge in [0.05, 0.1) is 11.4 Å². The first-order valence-electron chi connectivity index (χ1n) is 20.9. The summed E-state index contributed by atoms with van der Waals surface area (Å²) in [5, 5.41) is 33.9. The monoisotopic (exact) mass is 1480 g/mol. The number of pyridine rings is 3. The van der Waals surface area contributed by atoms with Gasteiger partial charge in [0.1, 0.15) is 64.6 Å². The van der Waals surface area contributed by atoms with E-state index < -0.39 is 47.9 Å². The smallest absolute Gasteiger partial charge is 0.494 e. The van der Waals surface area contributed by atoms with Crippen molar-refractivity contribution in [1.82, 2.24) is 39.5 Å². The van der Waals surface area contributed by atoms with E-state index in [9.17, 15) is 36.3 Å². The van der Waals surface area contributed by atoms with Crippen molar-refractivity contribution in [3.05, 3.63) is 166 Å². The van der Waals surface area contributed by atoms with Gasteiger partial charge >= 0.3 is 51.2 Å². The Morgan fingerprint density at radius 1 is 0.583 bits per heavy atom. The normalized spacial score (nSPS) is 9.68. The second kappa shape index (κ2) is 35.1. The van der Waals surface area contributed by atoms with Gasteiger partial charge in [0.2, 0.25) is 0 Å². The Labute approximate surface area is 468 Å². The van der Waals surface area contributed by atoms with Crippen LogP contribution in [0.5, 0.6) is 11.5 Å². The Balaban J connectivity index is 0.000000884. The van der Waals surface area contributed by atoms with Crippen LogP contribution in [0.4, 0.5) is 22.0 Å². The molecule has 387 valence electrons. The Morgan fingerprint density at radius 3 is 1.39 bits per heavy atom. The Morgan fingerprint density at radius 2 is 1.00 bits per heavy atom. The maximum Gasteiger partial charge on any atom is 0.494 e. The summed E-state index contributed by atoms with van der Waals surface area (Å²) in [6, 6.07) is 19.9. The largest absolute Gasteiger partial charge is 0.649 e. The van der Waals surface area contributed by atoms with Crippen LogP contribution in [0.15, 0.2) is 97.5 Å². The van der Waals surface area contributed by atoms with E-state index in [0.717, 1.165) is 90.1 Å². The molecule has 0 amide bonds. The van der Waals surface area contributed by atoms with Crippen molar-refractivity contribution in [2.75, 3.05) is 0 Å². The Kier molecular flexibility index (Phi) is 32.6. The third kappa shape index (κ3) is 21.5. The average molecular weight is 1480 g/mol. The molecule has 0 bridgehead atoms. The minimum atomic E-state index is -1.14. The first kappa shape index (κ1) is 66.9. The molecule has 26 heteroatoms. The molecule has 5 heterocycles. The fraction of sp³-hybridized carbons (Fsp3) is 0.239. The number of aromatic carboxylic acids is 3. The Bertz CT molecular complexity index is 2570. The van der Waals surface area contributed by atoms with Crippen molar-refractivity contribution in [2.24, 2.45) is 0 Å². The number of aromatic nitrogens is 8. The van der Waals surface area contributed by atoms with Crippen LogP contribution in [0.3, 0.4) is 0 Å². The molecule has 0 atom stereocenters. The van der Waals surface area contributed by atoms with Crippen LogP contribution >= 0.6 is 0 Å². The summed E-state index contributed by atoms with van der Waals surface area (Å²) < 4.78 is 78.3. The van der Waals surface area contributed by atoms with Gasteiger partial charge in [-0.25, -0.2) is 65.6 Å². The van der Waals surface area contributed by atoms with E-state index in [4.69, 9.17) is 22.9 Å². The number of carboxylic acid groups (broad SMARTS) is 3. The molecule has 0 saturated carbocycles. The molecule has 0 fully saturated rings. The van der Waals surface area contributed by atoms with E-state index in [-0.39, 0.29) is 105 Å². The molecule has 2 aromatic carbocycles. The number of carbonyl (C=O) groups is 3. The summed E-state index contributed by atoms with van der Waals surface area (Å²) >= 11 is 2.31. The molecule has 0 unspecified atom stereocenters. The number of aryl methyl sites for hydroxylation is 4. The fourth-order valence-electron chi connectivity index (χ4n) is 5.63. The summed E-state index contributed by atoms with van der Waals surface area (Å²) in [6.45, 7) is 7.18. The van der Waals surface area contributed by atoms with Crippen molar-refractivity contribution in [3.8, 4) is 22.9 Å².